The van der Waals surface area contributed by atoms with E-state index in [1.165, 1.54) is 6.92 Å². The smallest absolute Gasteiger partial charge is 0.254 e. The van der Waals surface area contributed by atoms with Crippen LogP contribution in [0.5, 0.6) is 0 Å². The highest BCUT2D eigenvalue weighted by Crippen LogP contribution is 2.28. The highest BCUT2D eigenvalue weighted by Gasteiger charge is 2.32. The van der Waals surface area contributed by atoms with Crippen molar-refractivity contribution in [2.24, 2.45) is 0 Å². The molecule has 2 N–H and O–H groups in total. The molecule has 1 aliphatic heterocycles. The number of carbonyl (C=O) groups is 3. The summed E-state index contributed by atoms with van der Waals surface area (Å²) in [6.07, 6.45) is 6.62. The Labute approximate surface area is 194 Å². The predicted molar refractivity (Wildman–Crippen MR) is 125 cm³/mol. The number of nitrogens with zero attached hydrogens (tertiary/aromatic N) is 2. The number of anilines is 1. The number of aromatic nitrogens is 1. The first-order valence-corrected chi connectivity index (χ1v) is 11.4. The first kappa shape index (κ1) is 22.5. The van der Waals surface area contributed by atoms with Crippen molar-refractivity contribution in [3.63, 3.8) is 0 Å². The number of hydrogen-bond donors (Lipinski definition) is 2. The molecule has 33 heavy (non-hydrogen) atoms. The molecule has 0 atom stereocenters. The Morgan fingerprint density at radius 1 is 1.12 bits per heavy atom. The molecule has 0 saturated heterocycles. The summed E-state index contributed by atoms with van der Waals surface area (Å²) in [7, 11) is 0. The van der Waals surface area contributed by atoms with Gasteiger partial charge in [0.2, 0.25) is 11.8 Å². The third-order valence-corrected chi connectivity index (χ3v) is 6.10. The molecule has 1 saturated carbocycles. The van der Waals surface area contributed by atoms with E-state index in [1.54, 1.807) is 23.2 Å². The molecule has 1 fully saturated rings. The zero-order chi connectivity index (χ0) is 23.3. The van der Waals surface area contributed by atoms with E-state index < -0.39 is 5.54 Å². The van der Waals surface area contributed by atoms with Gasteiger partial charge in [-0.3, -0.25) is 14.4 Å². The van der Waals surface area contributed by atoms with E-state index in [0.29, 0.717) is 18.9 Å². The van der Waals surface area contributed by atoms with Crippen molar-refractivity contribution in [3.8, 4) is 11.8 Å². The average Bonchev–Trinajstić information content (AvgIpc) is 3.13. The molecule has 1 aromatic heterocycles. The second-order valence-electron chi connectivity index (χ2n) is 8.69. The maximum Gasteiger partial charge on any atom is 0.254 e. The van der Waals surface area contributed by atoms with Crippen LogP contribution in [0.25, 0.3) is 0 Å². The van der Waals surface area contributed by atoms with Gasteiger partial charge in [-0.1, -0.05) is 49.3 Å². The normalized spacial score (nSPS) is 16.4. The molecule has 0 spiro atoms. The van der Waals surface area contributed by atoms with Crippen molar-refractivity contribution in [3.05, 3.63) is 59.3 Å². The lowest BCUT2D eigenvalue weighted by molar-refractivity contribution is -0.123. The summed E-state index contributed by atoms with van der Waals surface area (Å²) in [5.41, 5.74) is 1.90. The molecular formula is C26H28N4O3. The van der Waals surface area contributed by atoms with E-state index in [0.717, 1.165) is 48.8 Å². The third kappa shape index (κ3) is 5.58. The van der Waals surface area contributed by atoms with Crippen LogP contribution in [0.3, 0.4) is 0 Å². The van der Waals surface area contributed by atoms with Crippen molar-refractivity contribution in [2.75, 3.05) is 11.9 Å². The van der Waals surface area contributed by atoms with Crippen LogP contribution in [0.1, 0.15) is 66.9 Å². The van der Waals surface area contributed by atoms with Crippen LogP contribution in [-0.2, 0) is 16.1 Å². The molecule has 2 heterocycles. The van der Waals surface area contributed by atoms with Crippen molar-refractivity contribution in [1.29, 1.82) is 0 Å². The zero-order valence-corrected chi connectivity index (χ0v) is 18.8. The number of nitrogens with one attached hydrogen (secondary N) is 2. The van der Waals surface area contributed by atoms with Crippen LogP contribution in [0.4, 0.5) is 5.82 Å². The quantitative estimate of drug-likeness (QED) is 0.693. The van der Waals surface area contributed by atoms with Crippen LogP contribution in [0.2, 0.25) is 0 Å². The Morgan fingerprint density at radius 2 is 1.91 bits per heavy atom. The average molecular weight is 445 g/mol. The lowest BCUT2D eigenvalue weighted by Gasteiger charge is -2.33. The number of fused-ring (bicyclic) bond motifs is 1. The number of pyridine rings is 1. The molecule has 4 rings (SSSR count). The SMILES string of the molecule is CC(=O)Nc1ccc(C#CC2(NC(=O)CCN3Cc4ccccc4C3=O)CCCCC2)cn1. The summed E-state index contributed by atoms with van der Waals surface area (Å²) in [5, 5.41) is 5.81. The van der Waals surface area contributed by atoms with E-state index in [9.17, 15) is 14.4 Å². The van der Waals surface area contributed by atoms with Crippen LogP contribution in [-0.4, -0.2) is 39.7 Å². The fraction of sp³-hybridized carbons (Fsp3) is 0.385. The largest absolute Gasteiger partial charge is 0.340 e. The maximum absolute atomic E-state index is 12.8. The molecule has 0 radical (unpaired) electrons. The van der Waals surface area contributed by atoms with Gasteiger partial charge in [-0.15, -0.1) is 0 Å². The first-order valence-electron chi connectivity index (χ1n) is 11.4. The summed E-state index contributed by atoms with van der Waals surface area (Å²) in [6.45, 7) is 2.37. The van der Waals surface area contributed by atoms with E-state index in [1.807, 2.05) is 24.3 Å². The molecule has 1 aromatic carbocycles. The number of hydrogen-bond acceptors (Lipinski definition) is 4. The van der Waals surface area contributed by atoms with Crippen molar-refractivity contribution >= 4 is 23.5 Å². The predicted octanol–water partition coefficient (Wildman–Crippen LogP) is 3.26. The fourth-order valence-electron chi connectivity index (χ4n) is 4.41. The van der Waals surface area contributed by atoms with E-state index in [-0.39, 0.29) is 24.1 Å². The Hall–Kier alpha value is -3.66. The third-order valence-electron chi connectivity index (χ3n) is 6.10. The van der Waals surface area contributed by atoms with Gasteiger partial charge in [0.15, 0.2) is 0 Å². The van der Waals surface area contributed by atoms with Gasteiger partial charge in [-0.25, -0.2) is 4.98 Å². The molecule has 3 amide bonds. The van der Waals surface area contributed by atoms with Gasteiger partial charge in [-0.2, -0.15) is 0 Å². The summed E-state index contributed by atoms with van der Waals surface area (Å²) in [4.78, 5) is 42.5. The second-order valence-corrected chi connectivity index (χ2v) is 8.69. The Balaban J connectivity index is 1.39. The number of rotatable bonds is 5. The molecule has 0 unspecified atom stereocenters. The minimum absolute atomic E-state index is 0.0132. The summed E-state index contributed by atoms with van der Waals surface area (Å²) < 4.78 is 0. The molecular weight excluding hydrogens is 416 g/mol. The van der Waals surface area contributed by atoms with Gasteiger partial charge in [0.1, 0.15) is 11.4 Å². The first-order chi connectivity index (χ1) is 15.9. The Bertz CT molecular complexity index is 1110. The maximum atomic E-state index is 12.8. The Morgan fingerprint density at radius 3 is 2.61 bits per heavy atom. The second kappa shape index (κ2) is 9.86. The molecule has 2 aromatic rings. The molecule has 0 bridgehead atoms. The number of amides is 3. The summed E-state index contributed by atoms with van der Waals surface area (Å²) in [5.74, 6) is 6.66. The van der Waals surface area contributed by atoms with Crippen molar-refractivity contribution in [2.45, 2.75) is 57.5 Å². The zero-order valence-electron chi connectivity index (χ0n) is 18.8. The summed E-state index contributed by atoms with van der Waals surface area (Å²) >= 11 is 0. The van der Waals surface area contributed by atoms with Crippen LogP contribution in [0, 0.1) is 11.8 Å². The standard InChI is InChI=1S/C26H28N4O3/c1-19(31)28-23-10-9-20(17-27-23)11-15-26(13-5-2-6-14-26)29-24(32)12-16-30-18-21-7-3-4-8-22(21)25(30)33/h3-4,7-10,17H,2,5-6,12-14,16,18H2,1H3,(H,29,32)(H,27,28,31). The minimum atomic E-state index is -0.566. The molecule has 2 aliphatic rings. The summed E-state index contributed by atoms with van der Waals surface area (Å²) in [6, 6.07) is 11.1. The van der Waals surface area contributed by atoms with Gasteiger partial charge < -0.3 is 15.5 Å². The van der Waals surface area contributed by atoms with Gasteiger partial charge >= 0.3 is 0 Å². The van der Waals surface area contributed by atoms with Gasteiger partial charge in [0.25, 0.3) is 5.91 Å². The molecule has 7 nitrogen and oxygen atoms in total. The topological polar surface area (TPSA) is 91.4 Å². The van der Waals surface area contributed by atoms with E-state index in [4.69, 9.17) is 0 Å². The minimum Gasteiger partial charge on any atom is -0.340 e. The monoisotopic (exact) mass is 444 g/mol. The lowest BCUT2D eigenvalue weighted by Crippen LogP contribution is -2.49. The molecule has 7 heteroatoms. The van der Waals surface area contributed by atoms with E-state index >= 15 is 0 Å². The lowest BCUT2D eigenvalue weighted by atomic mass is 9.82. The van der Waals surface area contributed by atoms with Gasteiger partial charge in [-0.05, 0) is 36.6 Å². The molecule has 1 aliphatic carbocycles. The fourth-order valence-corrected chi connectivity index (χ4v) is 4.41. The van der Waals surface area contributed by atoms with Crippen LogP contribution in [0.15, 0.2) is 42.6 Å². The number of carbonyl (C=O) groups excluding carboxylic acids is 3. The van der Waals surface area contributed by atoms with Crippen LogP contribution >= 0.6 is 0 Å². The van der Waals surface area contributed by atoms with Crippen molar-refractivity contribution < 1.29 is 14.4 Å². The highest BCUT2D eigenvalue weighted by molar-refractivity contribution is 5.98. The number of benzene rings is 1. The highest BCUT2D eigenvalue weighted by atomic mass is 16.2. The van der Waals surface area contributed by atoms with Gasteiger partial charge in [0.05, 0.1) is 0 Å². The molecule has 170 valence electrons. The van der Waals surface area contributed by atoms with Gasteiger partial charge in [0, 0.05) is 43.8 Å². The van der Waals surface area contributed by atoms with Crippen LogP contribution < -0.4 is 10.6 Å². The van der Waals surface area contributed by atoms with E-state index in [2.05, 4.69) is 27.5 Å². The van der Waals surface area contributed by atoms with Crippen molar-refractivity contribution in [1.82, 2.24) is 15.2 Å². The Kier molecular flexibility index (Phi) is 6.74.